The molecule has 0 saturated carbocycles. The van der Waals surface area contributed by atoms with Gasteiger partial charge in [-0.1, -0.05) is 40.2 Å². The standard InChI is InChI=1S/C21H23BrN2O2/c1-24(11-13-26-14-12-24)16-18-5-8-20(9-6-18)23-21(25)10-7-17-3-2-4-19(22)15-17/h2-10,15H,11-14,16H2,1H3/p+1. The van der Waals surface area contributed by atoms with Crippen LogP contribution in [0, 0.1) is 0 Å². The molecule has 0 bridgehead atoms. The van der Waals surface area contributed by atoms with E-state index in [0.717, 1.165) is 53.1 Å². The first-order valence-electron chi connectivity index (χ1n) is 8.77. The predicted molar refractivity (Wildman–Crippen MR) is 109 cm³/mol. The van der Waals surface area contributed by atoms with Crippen molar-refractivity contribution >= 4 is 33.6 Å². The third-order valence-corrected chi connectivity index (χ3v) is 5.11. The third kappa shape index (κ3) is 5.53. The van der Waals surface area contributed by atoms with Crippen LogP contribution in [0.5, 0.6) is 0 Å². The van der Waals surface area contributed by atoms with Crippen LogP contribution in [-0.4, -0.2) is 43.7 Å². The highest BCUT2D eigenvalue weighted by molar-refractivity contribution is 9.10. The molecule has 1 aliphatic heterocycles. The zero-order valence-electron chi connectivity index (χ0n) is 15.0. The summed E-state index contributed by atoms with van der Waals surface area (Å²) in [5.41, 5.74) is 3.06. The van der Waals surface area contributed by atoms with Gasteiger partial charge >= 0.3 is 0 Å². The first-order chi connectivity index (χ1) is 12.5. The number of nitrogens with zero attached hydrogens (tertiary/aromatic N) is 1. The van der Waals surface area contributed by atoms with E-state index in [1.54, 1.807) is 12.2 Å². The van der Waals surface area contributed by atoms with E-state index in [0.29, 0.717) is 0 Å². The van der Waals surface area contributed by atoms with E-state index in [1.807, 2.05) is 36.4 Å². The van der Waals surface area contributed by atoms with Crippen LogP contribution in [0.1, 0.15) is 11.1 Å². The molecule has 2 aromatic rings. The van der Waals surface area contributed by atoms with E-state index in [-0.39, 0.29) is 5.91 Å². The van der Waals surface area contributed by atoms with Gasteiger partial charge in [0.15, 0.2) is 0 Å². The first-order valence-corrected chi connectivity index (χ1v) is 9.57. The van der Waals surface area contributed by atoms with Gasteiger partial charge < -0.3 is 14.5 Å². The van der Waals surface area contributed by atoms with Crippen LogP contribution in [0.3, 0.4) is 0 Å². The Bertz CT molecular complexity index is 781. The van der Waals surface area contributed by atoms with Gasteiger partial charge in [0.25, 0.3) is 0 Å². The minimum absolute atomic E-state index is 0.134. The summed E-state index contributed by atoms with van der Waals surface area (Å²) in [6.07, 6.45) is 3.35. The third-order valence-electron chi connectivity index (χ3n) is 4.61. The van der Waals surface area contributed by atoms with Crippen LogP contribution >= 0.6 is 15.9 Å². The molecule has 1 amide bonds. The van der Waals surface area contributed by atoms with Crippen molar-refractivity contribution in [3.8, 4) is 0 Å². The van der Waals surface area contributed by atoms with Crippen molar-refractivity contribution in [1.29, 1.82) is 0 Å². The highest BCUT2D eigenvalue weighted by atomic mass is 79.9. The molecule has 0 unspecified atom stereocenters. The minimum atomic E-state index is -0.134. The largest absolute Gasteiger partial charge is 0.370 e. The molecular formula is C21H24BrN2O2+. The average Bonchev–Trinajstić information content (AvgIpc) is 2.62. The Morgan fingerprint density at radius 1 is 1.19 bits per heavy atom. The van der Waals surface area contributed by atoms with Gasteiger partial charge in [-0.2, -0.15) is 0 Å². The lowest BCUT2D eigenvalue weighted by Gasteiger charge is -2.37. The molecule has 136 valence electrons. The van der Waals surface area contributed by atoms with Crippen LogP contribution in [0.2, 0.25) is 0 Å². The molecule has 1 saturated heterocycles. The van der Waals surface area contributed by atoms with Gasteiger partial charge in [-0.05, 0) is 35.9 Å². The van der Waals surface area contributed by atoms with E-state index in [2.05, 4.69) is 40.4 Å². The summed E-state index contributed by atoms with van der Waals surface area (Å²) < 4.78 is 7.45. The number of halogens is 1. The summed E-state index contributed by atoms with van der Waals surface area (Å²) in [6, 6.07) is 15.9. The molecule has 2 aromatic carbocycles. The lowest BCUT2D eigenvalue weighted by Crippen LogP contribution is -2.51. The minimum Gasteiger partial charge on any atom is -0.370 e. The maximum Gasteiger partial charge on any atom is 0.248 e. The number of hydrogen-bond donors (Lipinski definition) is 1. The van der Waals surface area contributed by atoms with Crippen molar-refractivity contribution < 1.29 is 14.0 Å². The van der Waals surface area contributed by atoms with Gasteiger partial charge in [-0.15, -0.1) is 0 Å². The Morgan fingerprint density at radius 2 is 1.92 bits per heavy atom. The molecule has 1 heterocycles. The fraction of sp³-hybridized carbons (Fsp3) is 0.286. The van der Waals surface area contributed by atoms with E-state index < -0.39 is 0 Å². The van der Waals surface area contributed by atoms with E-state index in [9.17, 15) is 4.79 Å². The molecule has 0 radical (unpaired) electrons. The number of ether oxygens (including phenoxy) is 1. The van der Waals surface area contributed by atoms with E-state index in [4.69, 9.17) is 4.74 Å². The number of anilines is 1. The number of benzene rings is 2. The number of quaternary nitrogens is 1. The number of likely N-dealkylation sites (N-methyl/N-ethyl adjacent to an activating group) is 1. The summed E-state index contributed by atoms with van der Waals surface area (Å²) in [5, 5.41) is 2.90. The Kier molecular flexibility index (Phi) is 6.25. The van der Waals surface area contributed by atoms with E-state index >= 15 is 0 Å². The summed E-state index contributed by atoms with van der Waals surface area (Å²) in [4.78, 5) is 12.1. The number of carbonyl (C=O) groups excluding carboxylic acids is 1. The number of morpholine rings is 1. The van der Waals surface area contributed by atoms with Gasteiger partial charge in [-0.3, -0.25) is 4.79 Å². The van der Waals surface area contributed by atoms with Gasteiger partial charge in [-0.25, -0.2) is 0 Å². The molecule has 5 heteroatoms. The number of amides is 1. The lowest BCUT2D eigenvalue weighted by molar-refractivity contribution is -0.929. The molecule has 0 atom stereocenters. The van der Waals surface area contributed by atoms with Crippen molar-refractivity contribution in [1.82, 2.24) is 0 Å². The topological polar surface area (TPSA) is 38.3 Å². The van der Waals surface area contributed by atoms with Gasteiger partial charge in [0, 0.05) is 21.8 Å². The molecule has 0 spiro atoms. The van der Waals surface area contributed by atoms with Gasteiger partial charge in [0.2, 0.25) is 5.91 Å². The molecule has 4 nitrogen and oxygen atoms in total. The zero-order valence-corrected chi connectivity index (χ0v) is 16.5. The smallest absolute Gasteiger partial charge is 0.248 e. The van der Waals surface area contributed by atoms with Crippen LogP contribution in [0.25, 0.3) is 6.08 Å². The Balaban J connectivity index is 1.56. The molecular weight excluding hydrogens is 392 g/mol. The maximum atomic E-state index is 12.1. The maximum absolute atomic E-state index is 12.1. The van der Waals surface area contributed by atoms with Gasteiger partial charge in [0.05, 0.1) is 20.3 Å². The zero-order chi connectivity index (χ0) is 18.4. The van der Waals surface area contributed by atoms with E-state index in [1.165, 1.54) is 5.56 Å². The summed E-state index contributed by atoms with van der Waals surface area (Å²) >= 11 is 3.43. The highest BCUT2D eigenvalue weighted by Gasteiger charge is 2.25. The summed E-state index contributed by atoms with van der Waals surface area (Å²) in [6.45, 7) is 4.72. The Hall–Kier alpha value is -1.95. The lowest BCUT2D eigenvalue weighted by atomic mass is 10.1. The normalized spacial score (nSPS) is 16.5. The molecule has 0 aliphatic carbocycles. The Labute approximate surface area is 163 Å². The number of carbonyl (C=O) groups is 1. The molecule has 1 N–H and O–H groups in total. The quantitative estimate of drug-likeness (QED) is 0.590. The van der Waals surface area contributed by atoms with Crippen LogP contribution in [-0.2, 0) is 16.1 Å². The van der Waals surface area contributed by atoms with Crippen molar-refractivity contribution in [3.63, 3.8) is 0 Å². The second kappa shape index (κ2) is 8.62. The van der Waals surface area contributed by atoms with Crippen LogP contribution in [0.4, 0.5) is 5.69 Å². The second-order valence-electron chi connectivity index (χ2n) is 6.91. The summed E-state index contributed by atoms with van der Waals surface area (Å²) in [7, 11) is 2.27. The fourth-order valence-electron chi connectivity index (χ4n) is 3.04. The number of rotatable bonds is 5. The molecule has 1 aliphatic rings. The summed E-state index contributed by atoms with van der Waals surface area (Å²) in [5.74, 6) is -0.134. The predicted octanol–water partition coefficient (Wildman–Crippen LogP) is 4.08. The highest BCUT2D eigenvalue weighted by Crippen LogP contribution is 2.17. The number of nitrogens with one attached hydrogen (secondary N) is 1. The monoisotopic (exact) mass is 415 g/mol. The first kappa shape index (κ1) is 18.8. The Morgan fingerprint density at radius 3 is 2.62 bits per heavy atom. The molecule has 3 rings (SSSR count). The van der Waals surface area contributed by atoms with Crippen LogP contribution in [0.15, 0.2) is 59.1 Å². The van der Waals surface area contributed by atoms with Crippen LogP contribution < -0.4 is 5.32 Å². The SMILES string of the molecule is C[N+]1(Cc2ccc(NC(=O)C=Cc3cccc(Br)c3)cc2)CCOCC1. The molecule has 26 heavy (non-hydrogen) atoms. The van der Waals surface area contributed by atoms with Crippen molar-refractivity contribution in [2.75, 3.05) is 38.7 Å². The van der Waals surface area contributed by atoms with Gasteiger partial charge in [0.1, 0.15) is 19.6 Å². The van der Waals surface area contributed by atoms with Crippen molar-refractivity contribution in [2.45, 2.75) is 6.54 Å². The number of hydrogen-bond acceptors (Lipinski definition) is 2. The molecule has 0 aromatic heterocycles. The average molecular weight is 416 g/mol. The second-order valence-corrected chi connectivity index (χ2v) is 7.83. The molecule has 1 fully saturated rings. The fourth-order valence-corrected chi connectivity index (χ4v) is 3.46. The van der Waals surface area contributed by atoms with Crippen molar-refractivity contribution in [3.05, 3.63) is 70.2 Å². The van der Waals surface area contributed by atoms with Crippen molar-refractivity contribution in [2.24, 2.45) is 0 Å².